The average molecular weight is 2210 g/mol. The maximum absolute atomic E-state index is 13.3. The minimum atomic E-state index is -4.57. The van der Waals surface area contributed by atoms with Crippen LogP contribution < -0.4 is 31.9 Å². The van der Waals surface area contributed by atoms with Crippen LogP contribution in [-0.4, -0.2) is 155 Å². The third-order valence-corrected chi connectivity index (χ3v) is 30.7. The first kappa shape index (κ1) is 116. The molecule has 12 aromatic heterocycles. The zero-order chi connectivity index (χ0) is 105. The molecule has 17 rings (SSSR count). The summed E-state index contributed by atoms with van der Waals surface area (Å²) in [5.74, 6) is 0.331. The highest BCUT2D eigenvalue weighted by molar-refractivity contribution is 9.08. The number of rotatable bonds is 30. The molecule has 9 N–H and O–H groups in total. The van der Waals surface area contributed by atoms with Gasteiger partial charge in [-0.15, -0.1) is 45.3 Å². The van der Waals surface area contributed by atoms with Crippen LogP contribution in [0.3, 0.4) is 0 Å². The predicted molar refractivity (Wildman–Crippen MR) is 531 cm³/mol. The van der Waals surface area contributed by atoms with Crippen LogP contribution in [0.15, 0.2) is 162 Å². The zero-order valence-electron chi connectivity index (χ0n) is 80.1. The molecule has 790 valence electrons. The van der Waals surface area contributed by atoms with Crippen LogP contribution in [0, 0.1) is 41.4 Å². The van der Waals surface area contributed by atoms with Crippen molar-refractivity contribution < 1.29 is 127 Å². The van der Waals surface area contributed by atoms with Gasteiger partial charge < -0.3 is 63.6 Å². The molecule has 48 heteroatoms. The summed E-state index contributed by atoms with van der Waals surface area (Å²) in [5.41, 5.74) is 3.45. The van der Waals surface area contributed by atoms with Crippen molar-refractivity contribution in [2.45, 2.75) is 232 Å². The molecule has 5 fully saturated rings. The van der Waals surface area contributed by atoms with E-state index in [0.717, 1.165) is 91.9 Å². The van der Waals surface area contributed by atoms with Crippen molar-refractivity contribution in [1.82, 2.24) is 39.9 Å². The summed E-state index contributed by atoms with van der Waals surface area (Å²) < 4.78 is 208. The molecule has 0 aromatic carbocycles. The second-order valence-electron chi connectivity index (χ2n) is 36.8. The Labute approximate surface area is 859 Å². The zero-order valence-corrected chi connectivity index (χ0v) is 85.8. The topological polar surface area (TPSA) is 421 Å². The normalized spacial score (nSPS) is 21.0. The van der Waals surface area contributed by atoms with Crippen LogP contribution in [-0.2, 0) is 73.1 Å². The number of aliphatic hydroxyl groups is 3. The van der Waals surface area contributed by atoms with Crippen LogP contribution in [0.1, 0.15) is 265 Å². The molecule has 4 saturated carbocycles. The molecule has 29 nitrogen and oxygen atoms in total. The molecular weight excluding hydrogens is 2090 g/mol. The lowest BCUT2D eigenvalue weighted by atomic mass is 9.81. The van der Waals surface area contributed by atoms with Crippen LogP contribution in [0.2, 0.25) is 0 Å². The van der Waals surface area contributed by atoms with E-state index in [4.69, 9.17) is 32.8 Å². The van der Waals surface area contributed by atoms with Crippen LogP contribution in [0.25, 0.3) is 0 Å². The highest BCUT2D eigenvalue weighted by Gasteiger charge is 2.53. The Hall–Kier alpha value is -10.5. The molecule has 0 bridgehead atoms. The number of carbonyl (C=O) groups is 4. The van der Waals surface area contributed by atoms with E-state index in [2.05, 4.69) is 120 Å². The van der Waals surface area contributed by atoms with E-state index < -0.39 is 94.2 Å². The van der Waals surface area contributed by atoms with Gasteiger partial charge in [0.25, 0.3) is 0 Å². The van der Waals surface area contributed by atoms with Gasteiger partial charge in [-0.25, -0.2) is 45.0 Å². The number of aromatic nitrogens is 8. The number of hydrogen-bond donors (Lipinski definition) is 8. The lowest BCUT2D eigenvalue weighted by Gasteiger charge is -2.32. The fraction of sp³-hybridized carbons (Fsp3) is 0.469. The van der Waals surface area contributed by atoms with E-state index in [1.165, 1.54) is 109 Å². The minimum absolute atomic E-state index is 0. The van der Waals surface area contributed by atoms with Crippen molar-refractivity contribution in [3.63, 3.8) is 0 Å². The summed E-state index contributed by atoms with van der Waals surface area (Å²) in [7, 11) is -4.61. The summed E-state index contributed by atoms with van der Waals surface area (Å²) in [6.45, 7) is 21.0. The quantitative estimate of drug-likeness (QED) is 0.00897. The molecule has 12 aromatic rings. The van der Waals surface area contributed by atoms with Gasteiger partial charge >= 0.3 is 42.1 Å². The molecule has 0 amide bonds. The average Bonchev–Trinajstić information content (AvgIpc) is 1.61. The summed E-state index contributed by atoms with van der Waals surface area (Å²) in [4.78, 5) is 87.7. The number of hydrogen-bond acceptors (Lipinski definition) is 32. The minimum Gasteiger partial charge on any atom is -0.456 e. The molecule has 1 aliphatic heterocycles. The Morgan fingerprint density at radius 1 is 0.459 bits per heavy atom. The lowest BCUT2D eigenvalue weighted by molar-refractivity contribution is -0.154. The Bertz CT molecular complexity index is 6260. The molecule has 13 heterocycles. The molecule has 4 aliphatic carbocycles. The molecule has 146 heavy (non-hydrogen) atoms. The van der Waals surface area contributed by atoms with Gasteiger partial charge in [-0.2, -0.15) is 61.1 Å². The number of halogens is 13. The molecule has 0 radical (unpaired) electrons. The van der Waals surface area contributed by atoms with Crippen LogP contribution >= 0.6 is 61.3 Å². The number of nitrogens with two attached hydrogens (primary N) is 1. The van der Waals surface area contributed by atoms with E-state index in [-0.39, 0.29) is 129 Å². The van der Waals surface area contributed by atoms with E-state index in [1.54, 1.807) is 47.5 Å². The van der Waals surface area contributed by atoms with Gasteiger partial charge in [-0.05, 0) is 238 Å². The highest BCUT2D eigenvalue weighted by Crippen LogP contribution is 2.44. The van der Waals surface area contributed by atoms with Crippen molar-refractivity contribution >= 4 is 131 Å². The van der Waals surface area contributed by atoms with Crippen LogP contribution in [0.4, 0.5) is 76.0 Å². The predicted octanol–water partition coefficient (Wildman–Crippen LogP) is 21.9. The van der Waals surface area contributed by atoms with Crippen molar-refractivity contribution in [3.05, 3.63) is 249 Å². The van der Waals surface area contributed by atoms with Gasteiger partial charge in [-0.1, -0.05) is 70.8 Å². The van der Waals surface area contributed by atoms with Gasteiger partial charge in [-0.3, -0.25) is 23.4 Å². The molecule has 0 spiro atoms. The van der Waals surface area contributed by atoms with Crippen molar-refractivity contribution in [1.29, 1.82) is 0 Å². The Morgan fingerprint density at radius 2 is 0.747 bits per heavy atom. The Morgan fingerprint density at radius 3 is 1.03 bits per heavy atom. The van der Waals surface area contributed by atoms with E-state index in [9.17, 15) is 90.5 Å². The number of carbonyl (C=O) groups excluding carboxylic acids is 4. The second-order valence-corrected chi connectivity index (χ2v) is 42.3. The third kappa shape index (κ3) is 31.1. The summed E-state index contributed by atoms with van der Waals surface area (Å²) in [5, 5.41) is 52.9. The fourth-order valence-electron chi connectivity index (χ4n) is 17.5. The van der Waals surface area contributed by atoms with Gasteiger partial charge in [0.1, 0.15) is 71.6 Å². The smallest absolute Gasteiger partial charge is 0.456 e. The Kier molecular flexibility index (Phi) is 39.8. The van der Waals surface area contributed by atoms with E-state index >= 15 is 0 Å². The standard InChI is InChI=1S/C23H32BN3O3S.C23H24F3N3O2S.C22H22F3N3O3S.C21H21F3N4O6S2.C6H4BrF3O.C2H6O.CH4/c1-7-15-9-17(8-14(15)2)27-21-18(11-25-13-26-21)20(28)19-10-16(12-31-19)24-29-22(3,4)23(5,6)30-24;1-3-15-9-16(6-13(15)2)29-22-18(10-27-12-28-22)21(30)19-8-14(11-32-19)7-17-4-5-20(31-17)23(24,25)26;1-12-4-15(7-14(12)9-29)28-21-17(8-26-11-27-21)20(30)18-6-13(10-32-18)5-16-2-3-19(31-16)22(23,24)25;22-21(23,24)18-2-1-14(34-18)3-11-4-17(35-9-11)19(30)15-7-26-10-27-20(15)28-13-5-12(16(29)6-13)8-33-36(25,31)32;7-3-4-1-2-5(11-4)6(8,9)10;1-2-3;/h10-15,17H,7-9H2,1-6H3,(H,25,26,27);4-5,8,10-13,15-16H,3,6-7,9H2,1-2H3,(H,27,28,29);2-3,6,8,10-12,14-15,29H,4-5,7,9H2,1H3,(H,26,27,28);1-2,4,7,9-10,12-13,16,29H,3,5-6,8H2,(H2,25,31,32)(H,26,27,28);1-2H,3H2;3H,2H2,1H3;1H4/t14-,15-,17-;13-,15-,16-;12-,14+,15-;12-,13-,16+;;;/m0001.../s1. The highest BCUT2D eigenvalue weighted by atomic mass is 79.9. The van der Waals surface area contributed by atoms with Crippen molar-refractivity contribution in [2.24, 2.45) is 46.6 Å². The first-order chi connectivity index (χ1) is 68.4. The fourth-order valence-corrected chi connectivity index (χ4v) is 21.6. The SMILES string of the molecule is C.CCO.CC[C@H]1C[C@@H](Nc2ncncc2C(=O)c2cc(B3OC(C)(C)C(C)(C)O3)cs2)C[C@@H]1C.CC[C@H]1C[C@@H](Nc2ncncc2C(=O)c2cc(Cc3ccc(C(F)(F)F)o3)cs2)C[C@@H]1C.C[C@H]1C[C@H](Nc2ncncc2C(=O)c2cc(Cc3ccc(C(F)(F)F)o3)cs2)C[C@@H]1CO.FC(F)(F)c1ccc(CBr)o1.NS(=O)(=O)OC[C@H]1C[C@@H](Nc2ncncc2C(=O)c2cc(Cc3ccc(C(F)(F)F)o3)cs2)C[C@@H]1O. The number of furan rings is 4. The largest absolute Gasteiger partial charge is 0.495 e. The molecule has 12 atom stereocenters. The van der Waals surface area contributed by atoms with Crippen LogP contribution in [0.5, 0.6) is 0 Å². The number of alkyl halides is 13. The molecule has 0 unspecified atom stereocenters. The van der Waals surface area contributed by atoms with Gasteiger partial charge in [0, 0.05) is 87.3 Å². The molecular formula is C98H113BBrF12N13O16S5. The van der Waals surface area contributed by atoms with Gasteiger partial charge in [0.15, 0.2) is 0 Å². The third-order valence-electron chi connectivity index (χ3n) is 25.8. The number of aliphatic hydroxyl groups excluding tert-OH is 3. The van der Waals surface area contributed by atoms with Crippen molar-refractivity contribution in [2.75, 3.05) is 41.1 Å². The maximum atomic E-state index is 13.3. The summed E-state index contributed by atoms with van der Waals surface area (Å²) >= 11 is 7.96. The Balaban J connectivity index is 0.000000177. The number of anilines is 4. The lowest BCUT2D eigenvalue weighted by Crippen LogP contribution is -2.41. The summed E-state index contributed by atoms with van der Waals surface area (Å²) in [6.07, 6.45) is 1.91. The van der Waals surface area contributed by atoms with E-state index in [1.807, 2.05) is 39.1 Å². The van der Waals surface area contributed by atoms with Gasteiger partial charge in [0.05, 0.1) is 71.0 Å². The number of thiophene rings is 4. The maximum Gasteiger partial charge on any atom is 0.495 e. The molecule has 5 aliphatic rings. The molecule has 1 saturated heterocycles. The first-order valence-corrected chi connectivity index (χ1v) is 52.4. The van der Waals surface area contributed by atoms with E-state index in [0.29, 0.717) is 112 Å². The second kappa shape index (κ2) is 50.2. The number of nitrogens with zero attached hydrogens (tertiary/aromatic N) is 8. The van der Waals surface area contributed by atoms with Gasteiger partial charge in [0.2, 0.25) is 46.2 Å². The number of nitrogens with one attached hydrogen (secondary N) is 4. The van der Waals surface area contributed by atoms with Crippen molar-refractivity contribution in [3.8, 4) is 0 Å². The number of ketones is 4. The summed E-state index contributed by atoms with van der Waals surface area (Å²) in [6, 6.07) is 15.9. The first-order valence-electron chi connectivity index (χ1n) is 46.3. The monoisotopic (exact) mass is 2210 g/mol.